The Labute approximate surface area is 130 Å². The molecule has 2 aromatic heterocycles. The van der Waals surface area contributed by atoms with Crippen LogP contribution in [0.15, 0.2) is 24.9 Å². The predicted molar refractivity (Wildman–Crippen MR) is 82.1 cm³/mol. The Hall–Kier alpha value is -1.66. The highest BCUT2D eigenvalue weighted by molar-refractivity contribution is 5.03. The number of nitrogens with zero attached hydrogens (tertiary/aromatic N) is 5. The van der Waals surface area contributed by atoms with Crippen LogP contribution in [0.4, 0.5) is 0 Å². The number of hydrogen-bond donors (Lipinski definition) is 0. The number of ether oxygens (including phenoxy) is 1. The lowest BCUT2D eigenvalue weighted by molar-refractivity contribution is -0.0472. The van der Waals surface area contributed by atoms with E-state index >= 15 is 0 Å². The molecule has 0 aromatic carbocycles. The van der Waals surface area contributed by atoms with Gasteiger partial charge in [0.1, 0.15) is 11.9 Å². The van der Waals surface area contributed by atoms with Crippen LogP contribution >= 0.6 is 0 Å². The molecule has 0 aliphatic carbocycles. The average molecular weight is 301 g/mol. The first-order chi connectivity index (χ1) is 10.8. The number of hydrogen-bond acceptors (Lipinski definition) is 4. The third kappa shape index (κ3) is 2.57. The molecule has 1 fully saturated rings. The normalized spacial score (nSPS) is 26.0. The van der Waals surface area contributed by atoms with E-state index in [1.807, 2.05) is 24.9 Å². The number of fused-ring (bicyclic) bond motifs is 1. The first kappa shape index (κ1) is 14.0. The Balaban J connectivity index is 1.48. The standard InChI is InChI=1S/C16H23N5O/c1-19-5-4-18-16(19)15-13(3-2-8-22-15)10-20-6-7-21-12-17-9-14(21)11-20/h4-5,9,12-13,15H,2-3,6-8,10-11H2,1H3/t13-,15+/m0/s1. The molecule has 2 aromatic rings. The minimum Gasteiger partial charge on any atom is -0.370 e. The molecular weight excluding hydrogens is 278 g/mol. The second-order valence-corrected chi connectivity index (χ2v) is 6.40. The van der Waals surface area contributed by atoms with Crippen LogP contribution < -0.4 is 0 Å². The van der Waals surface area contributed by atoms with Crippen molar-refractivity contribution < 1.29 is 4.74 Å². The maximum absolute atomic E-state index is 6.08. The minimum atomic E-state index is 0.126. The van der Waals surface area contributed by atoms with Crippen LogP contribution in [-0.2, 0) is 24.9 Å². The monoisotopic (exact) mass is 301 g/mol. The van der Waals surface area contributed by atoms with Gasteiger partial charge in [-0.15, -0.1) is 0 Å². The summed E-state index contributed by atoms with van der Waals surface area (Å²) in [6.07, 6.45) is 10.3. The van der Waals surface area contributed by atoms with Gasteiger partial charge in [-0.2, -0.15) is 0 Å². The summed E-state index contributed by atoms with van der Waals surface area (Å²) >= 11 is 0. The first-order valence-electron chi connectivity index (χ1n) is 8.11. The van der Waals surface area contributed by atoms with Crippen molar-refractivity contribution in [3.05, 3.63) is 36.4 Å². The maximum atomic E-state index is 6.08. The Kier molecular flexibility index (Phi) is 3.72. The van der Waals surface area contributed by atoms with E-state index in [2.05, 4.69) is 31.0 Å². The van der Waals surface area contributed by atoms with Crippen molar-refractivity contribution in [1.29, 1.82) is 0 Å². The number of rotatable bonds is 3. The fraction of sp³-hybridized carbons (Fsp3) is 0.625. The van der Waals surface area contributed by atoms with Gasteiger partial charge in [0.05, 0.1) is 12.0 Å². The van der Waals surface area contributed by atoms with E-state index in [1.54, 1.807) is 0 Å². The Bertz CT molecular complexity index is 634. The van der Waals surface area contributed by atoms with E-state index in [-0.39, 0.29) is 6.10 Å². The molecule has 0 unspecified atom stereocenters. The molecule has 118 valence electrons. The molecule has 4 rings (SSSR count). The third-order valence-corrected chi connectivity index (χ3v) is 4.89. The van der Waals surface area contributed by atoms with Gasteiger partial charge in [-0.1, -0.05) is 0 Å². The Morgan fingerprint density at radius 1 is 1.36 bits per heavy atom. The van der Waals surface area contributed by atoms with E-state index in [0.29, 0.717) is 5.92 Å². The molecule has 6 nitrogen and oxygen atoms in total. The highest BCUT2D eigenvalue weighted by Crippen LogP contribution is 2.33. The van der Waals surface area contributed by atoms with Crippen molar-refractivity contribution >= 4 is 0 Å². The van der Waals surface area contributed by atoms with Crippen molar-refractivity contribution in [2.45, 2.75) is 32.0 Å². The molecule has 0 spiro atoms. The molecule has 6 heteroatoms. The Morgan fingerprint density at radius 2 is 2.32 bits per heavy atom. The van der Waals surface area contributed by atoms with Gasteiger partial charge in [0, 0.05) is 64.3 Å². The summed E-state index contributed by atoms with van der Waals surface area (Å²) in [6.45, 7) is 5.04. The maximum Gasteiger partial charge on any atom is 0.137 e. The molecule has 0 bridgehead atoms. The molecule has 0 radical (unpaired) electrons. The molecule has 2 aliphatic heterocycles. The van der Waals surface area contributed by atoms with E-state index < -0.39 is 0 Å². The molecule has 0 N–H and O–H groups in total. The predicted octanol–water partition coefficient (Wildman–Crippen LogP) is 1.60. The topological polar surface area (TPSA) is 48.1 Å². The van der Waals surface area contributed by atoms with Crippen LogP contribution in [0.1, 0.15) is 30.5 Å². The molecule has 2 aliphatic rings. The van der Waals surface area contributed by atoms with Crippen LogP contribution in [-0.4, -0.2) is 43.7 Å². The highest BCUT2D eigenvalue weighted by atomic mass is 16.5. The van der Waals surface area contributed by atoms with Gasteiger partial charge >= 0.3 is 0 Å². The van der Waals surface area contributed by atoms with E-state index in [1.165, 1.54) is 12.1 Å². The zero-order chi connectivity index (χ0) is 14.9. The quantitative estimate of drug-likeness (QED) is 0.864. The van der Waals surface area contributed by atoms with Crippen molar-refractivity contribution in [2.24, 2.45) is 13.0 Å². The van der Waals surface area contributed by atoms with Gasteiger partial charge in [-0.3, -0.25) is 4.90 Å². The molecule has 0 amide bonds. The van der Waals surface area contributed by atoms with Crippen LogP contribution in [0.3, 0.4) is 0 Å². The molecule has 0 saturated carbocycles. The molecule has 22 heavy (non-hydrogen) atoms. The number of aromatic nitrogens is 4. The van der Waals surface area contributed by atoms with Gasteiger partial charge in [0.25, 0.3) is 0 Å². The van der Waals surface area contributed by atoms with Crippen LogP contribution in [0.2, 0.25) is 0 Å². The third-order valence-electron chi connectivity index (χ3n) is 4.89. The summed E-state index contributed by atoms with van der Waals surface area (Å²) in [6, 6.07) is 0. The second kappa shape index (κ2) is 5.85. The fourth-order valence-electron chi connectivity index (χ4n) is 3.69. The molecule has 4 heterocycles. The summed E-state index contributed by atoms with van der Waals surface area (Å²) in [5.74, 6) is 1.58. The summed E-state index contributed by atoms with van der Waals surface area (Å²) < 4.78 is 10.4. The van der Waals surface area contributed by atoms with E-state index in [0.717, 1.165) is 45.0 Å². The van der Waals surface area contributed by atoms with Crippen LogP contribution in [0.5, 0.6) is 0 Å². The lowest BCUT2D eigenvalue weighted by Crippen LogP contribution is -2.40. The first-order valence-corrected chi connectivity index (χ1v) is 8.11. The van der Waals surface area contributed by atoms with Crippen LogP contribution in [0, 0.1) is 5.92 Å². The summed E-state index contributed by atoms with van der Waals surface area (Å²) in [4.78, 5) is 11.3. The van der Waals surface area contributed by atoms with Crippen molar-refractivity contribution in [3.8, 4) is 0 Å². The smallest absolute Gasteiger partial charge is 0.137 e. The number of imidazole rings is 2. The van der Waals surface area contributed by atoms with Crippen molar-refractivity contribution in [3.63, 3.8) is 0 Å². The largest absolute Gasteiger partial charge is 0.370 e. The Morgan fingerprint density at radius 3 is 3.18 bits per heavy atom. The van der Waals surface area contributed by atoms with Gasteiger partial charge in [-0.25, -0.2) is 9.97 Å². The zero-order valence-corrected chi connectivity index (χ0v) is 13.1. The van der Waals surface area contributed by atoms with E-state index in [9.17, 15) is 0 Å². The summed E-state index contributed by atoms with van der Waals surface area (Å²) in [7, 11) is 2.05. The van der Waals surface area contributed by atoms with Crippen LogP contribution in [0.25, 0.3) is 0 Å². The van der Waals surface area contributed by atoms with Crippen molar-refractivity contribution in [1.82, 2.24) is 24.0 Å². The summed E-state index contributed by atoms with van der Waals surface area (Å²) in [5, 5.41) is 0. The SMILES string of the molecule is Cn1ccnc1[C@@H]1OCCC[C@H]1CN1CCn2cncc2C1. The van der Waals surface area contributed by atoms with Gasteiger partial charge in [-0.05, 0) is 12.8 Å². The number of aryl methyl sites for hydroxylation is 1. The minimum absolute atomic E-state index is 0.126. The molecule has 1 saturated heterocycles. The highest BCUT2D eigenvalue weighted by Gasteiger charge is 2.32. The van der Waals surface area contributed by atoms with Gasteiger partial charge in [0.15, 0.2) is 0 Å². The lowest BCUT2D eigenvalue weighted by Gasteiger charge is -2.36. The second-order valence-electron chi connectivity index (χ2n) is 6.40. The van der Waals surface area contributed by atoms with Crippen molar-refractivity contribution in [2.75, 3.05) is 19.7 Å². The van der Waals surface area contributed by atoms with Gasteiger partial charge < -0.3 is 13.9 Å². The summed E-state index contributed by atoms with van der Waals surface area (Å²) in [5.41, 5.74) is 1.32. The fourth-order valence-corrected chi connectivity index (χ4v) is 3.69. The zero-order valence-electron chi connectivity index (χ0n) is 13.1. The molecule has 2 atom stereocenters. The van der Waals surface area contributed by atoms with Gasteiger partial charge in [0.2, 0.25) is 0 Å². The van der Waals surface area contributed by atoms with E-state index in [4.69, 9.17) is 4.74 Å². The molecular formula is C16H23N5O. The average Bonchev–Trinajstić information content (AvgIpc) is 3.16. The lowest BCUT2D eigenvalue weighted by atomic mass is 9.92.